The average Bonchev–Trinajstić information content (AvgIpc) is 2.46. The van der Waals surface area contributed by atoms with Gasteiger partial charge < -0.3 is 0 Å². The van der Waals surface area contributed by atoms with Crippen LogP contribution in [0.1, 0.15) is 5.56 Å². The number of benzene rings is 2. The van der Waals surface area contributed by atoms with Crippen molar-refractivity contribution in [1.82, 2.24) is 4.98 Å². The van der Waals surface area contributed by atoms with Gasteiger partial charge in [-0.05, 0) is 41.5 Å². The number of hydrogen-bond acceptors (Lipinski definition) is 2. The zero-order chi connectivity index (χ0) is 13.2. The molecule has 0 spiro atoms. The van der Waals surface area contributed by atoms with Crippen molar-refractivity contribution in [2.45, 2.75) is 16.8 Å². The first-order chi connectivity index (χ1) is 9.25. The van der Waals surface area contributed by atoms with E-state index in [9.17, 15) is 4.21 Å². The Balaban J connectivity index is 2.23. The van der Waals surface area contributed by atoms with Crippen LogP contribution in [0.5, 0.6) is 0 Å². The fourth-order valence-electron chi connectivity index (χ4n) is 2.14. The lowest BCUT2D eigenvalue weighted by atomic mass is 10.1. The van der Waals surface area contributed by atoms with Crippen LogP contribution < -0.4 is 0 Å². The molecule has 0 radical (unpaired) electrons. The molecule has 3 rings (SSSR count). The van der Waals surface area contributed by atoms with Gasteiger partial charge >= 0.3 is 0 Å². The van der Waals surface area contributed by atoms with Gasteiger partial charge in [-0.2, -0.15) is 0 Å². The highest BCUT2D eigenvalue weighted by molar-refractivity contribution is 7.85. The monoisotopic (exact) mass is 267 g/mol. The summed E-state index contributed by atoms with van der Waals surface area (Å²) >= 11 is 0. The van der Waals surface area contributed by atoms with Crippen LogP contribution in [0, 0.1) is 6.92 Å². The van der Waals surface area contributed by atoms with E-state index in [0.717, 1.165) is 21.2 Å². The molecule has 1 aromatic heterocycles. The highest BCUT2D eigenvalue weighted by Crippen LogP contribution is 2.26. The molecule has 0 saturated heterocycles. The van der Waals surface area contributed by atoms with Gasteiger partial charge in [-0.3, -0.25) is 0 Å². The lowest BCUT2D eigenvalue weighted by Gasteiger charge is -2.07. The lowest BCUT2D eigenvalue weighted by molar-refractivity contribution is 0.681. The molecule has 0 aliphatic rings. The van der Waals surface area contributed by atoms with Gasteiger partial charge in [0, 0.05) is 6.20 Å². The predicted octanol–water partition coefficient (Wildman–Crippen LogP) is 3.71. The van der Waals surface area contributed by atoms with Crippen LogP contribution in [0.25, 0.3) is 10.8 Å². The molecule has 1 heterocycles. The van der Waals surface area contributed by atoms with Gasteiger partial charge in [0.05, 0.1) is 4.90 Å². The maximum Gasteiger partial charge on any atom is 0.132 e. The van der Waals surface area contributed by atoms with Gasteiger partial charge in [-0.1, -0.05) is 36.4 Å². The summed E-state index contributed by atoms with van der Waals surface area (Å²) < 4.78 is 12.7. The van der Waals surface area contributed by atoms with E-state index < -0.39 is 10.8 Å². The van der Waals surface area contributed by atoms with E-state index in [1.54, 1.807) is 12.3 Å². The fourth-order valence-corrected chi connectivity index (χ4v) is 3.40. The van der Waals surface area contributed by atoms with Crippen molar-refractivity contribution in [1.29, 1.82) is 0 Å². The van der Waals surface area contributed by atoms with Crippen molar-refractivity contribution in [3.63, 3.8) is 0 Å². The zero-order valence-electron chi connectivity index (χ0n) is 10.5. The summed E-state index contributed by atoms with van der Waals surface area (Å²) in [6.07, 6.45) is 1.67. The first-order valence-corrected chi connectivity index (χ1v) is 7.23. The highest BCUT2D eigenvalue weighted by Gasteiger charge is 2.12. The maximum absolute atomic E-state index is 12.7. The Morgan fingerprint density at radius 1 is 1.00 bits per heavy atom. The Morgan fingerprint density at radius 2 is 1.79 bits per heavy atom. The van der Waals surface area contributed by atoms with Gasteiger partial charge in [0.25, 0.3) is 0 Å². The third kappa shape index (κ3) is 2.29. The number of aryl methyl sites for hydroxylation is 1. The van der Waals surface area contributed by atoms with Crippen molar-refractivity contribution in [2.24, 2.45) is 0 Å². The van der Waals surface area contributed by atoms with Crippen LogP contribution in [-0.4, -0.2) is 9.19 Å². The Hall–Kier alpha value is -2.00. The molecule has 0 fully saturated rings. The summed E-state index contributed by atoms with van der Waals surface area (Å²) in [6, 6.07) is 17.6. The summed E-state index contributed by atoms with van der Waals surface area (Å²) in [6.45, 7) is 2.02. The molecule has 0 amide bonds. The Labute approximate surface area is 114 Å². The second-order valence-electron chi connectivity index (χ2n) is 4.42. The first kappa shape index (κ1) is 12.1. The van der Waals surface area contributed by atoms with Gasteiger partial charge in [-0.15, -0.1) is 0 Å². The number of aromatic nitrogens is 1. The Kier molecular flexibility index (Phi) is 3.13. The predicted molar refractivity (Wildman–Crippen MR) is 77.6 cm³/mol. The Bertz CT molecular complexity index is 753. The number of hydrogen-bond donors (Lipinski definition) is 0. The summed E-state index contributed by atoms with van der Waals surface area (Å²) in [5, 5.41) is 2.73. The van der Waals surface area contributed by atoms with Crippen molar-refractivity contribution < 1.29 is 4.21 Å². The van der Waals surface area contributed by atoms with E-state index in [2.05, 4.69) is 11.1 Å². The summed E-state index contributed by atoms with van der Waals surface area (Å²) in [7, 11) is -1.24. The largest absolute Gasteiger partial charge is 0.247 e. The van der Waals surface area contributed by atoms with Crippen LogP contribution in [0.4, 0.5) is 0 Å². The van der Waals surface area contributed by atoms with E-state index >= 15 is 0 Å². The molecular weight excluding hydrogens is 254 g/mol. The highest BCUT2D eigenvalue weighted by atomic mass is 32.2. The quantitative estimate of drug-likeness (QED) is 0.708. The van der Waals surface area contributed by atoms with E-state index in [1.165, 1.54) is 0 Å². The Morgan fingerprint density at radius 3 is 2.58 bits per heavy atom. The third-order valence-electron chi connectivity index (χ3n) is 3.00. The zero-order valence-corrected chi connectivity index (χ0v) is 11.4. The van der Waals surface area contributed by atoms with E-state index in [4.69, 9.17) is 0 Å². The van der Waals surface area contributed by atoms with Crippen LogP contribution in [-0.2, 0) is 10.8 Å². The second-order valence-corrected chi connectivity index (χ2v) is 5.82. The molecule has 0 aliphatic carbocycles. The summed E-state index contributed by atoms with van der Waals surface area (Å²) in [4.78, 5) is 5.02. The smallest absolute Gasteiger partial charge is 0.132 e. The van der Waals surface area contributed by atoms with Crippen LogP contribution in [0.2, 0.25) is 0 Å². The molecular formula is C16H13NOS. The molecule has 1 atom stereocenters. The van der Waals surface area contributed by atoms with E-state index in [0.29, 0.717) is 5.03 Å². The van der Waals surface area contributed by atoms with E-state index in [-0.39, 0.29) is 0 Å². The first-order valence-electron chi connectivity index (χ1n) is 6.08. The fraction of sp³-hybridized carbons (Fsp3) is 0.0625. The van der Waals surface area contributed by atoms with Crippen molar-refractivity contribution >= 4 is 21.6 Å². The minimum Gasteiger partial charge on any atom is -0.247 e. The molecule has 0 bridgehead atoms. The van der Waals surface area contributed by atoms with Crippen molar-refractivity contribution in [3.8, 4) is 0 Å². The standard InChI is InChI=1S/C16H13NOS/c1-12-10-13-6-2-3-7-14(13)15(11-12)19(18)16-8-4-5-9-17-16/h2-11H,1H3. The molecule has 2 nitrogen and oxygen atoms in total. The molecule has 19 heavy (non-hydrogen) atoms. The summed E-state index contributed by atoms with van der Waals surface area (Å²) in [5.41, 5.74) is 1.11. The van der Waals surface area contributed by atoms with Crippen LogP contribution in [0.3, 0.4) is 0 Å². The average molecular weight is 267 g/mol. The van der Waals surface area contributed by atoms with E-state index in [1.807, 2.05) is 49.4 Å². The van der Waals surface area contributed by atoms with Gasteiger partial charge in [0.15, 0.2) is 0 Å². The number of fused-ring (bicyclic) bond motifs is 1. The third-order valence-corrected chi connectivity index (χ3v) is 4.35. The molecule has 0 saturated carbocycles. The van der Waals surface area contributed by atoms with Crippen molar-refractivity contribution in [2.75, 3.05) is 0 Å². The molecule has 1 unspecified atom stereocenters. The SMILES string of the molecule is Cc1cc(S(=O)c2ccccn2)c2ccccc2c1. The molecule has 2 aromatic carbocycles. The van der Waals surface area contributed by atoms with Crippen molar-refractivity contribution in [3.05, 3.63) is 66.4 Å². The number of pyridine rings is 1. The van der Waals surface area contributed by atoms with Crippen LogP contribution in [0.15, 0.2) is 70.7 Å². The molecule has 0 aliphatic heterocycles. The normalized spacial score (nSPS) is 12.5. The van der Waals surface area contributed by atoms with Crippen LogP contribution >= 0.6 is 0 Å². The second kappa shape index (κ2) is 4.94. The minimum absolute atomic E-state index is 0.596. The molecule has 0 N–H and O–H groups in total. The van der Waals surface area contributed by atoms with Gasteiger partial charge in [-0.25, -0.2) is 9.19 Å². The molecule has 3 heteroatoms. The molecule has 3 aromatic rings. The maximum atomic E-state index is 12.7. The number of nitrogens with zero attached hydrogens (tertiary/aromatic N) is 1. The summed E-state index contributed by atoms with van der Waals surface area (Å²) in [5.74, 6) is 0. The molecule has 94 valence electrons. The van der Waals surface area contributed by atoms with Gasteiger partial charge in [0.1, 0.15) is 15.8 Å². The lowest BCUT2D eigenvalue weighted by Crippen LogP contribution is -1.97. The topological polar surface area (TPSA) is 30.0 Å². The number of rotatable bonds is 2. The minimum atomic E-state index is -1.24. The van der Waals surface area contributed by atoms with Gasteiger partial charge in [0.2, 0.25) is 0 Å².